The van der Waals surface area contributed by atoms with Gasteiger partial charge < -0.3 is 14.2 Å². The molecule has 0 spiro atoms. The summed E-state index contributed by atoms with van der Waals surface area (Å²) in [6.45, 7) is 1.91. The van der Waals surface area contributed by atoms with Crippen LogP contribution in [0.15, 0.2) is 41.1 Å². The lowest BCUT2D eigenvalue weighted by Gasteiger charge is -2.34. The van der Waals surface area contributed by atoms with Crippen molar-refractivity contribution >= 4 is 17.4 Å². The third-order valence-electron chi connectivity index (χ3n) is 3.56. The summed E-state index contributed by atoms with van der Waals surface area (Å²) < 4.78 is 5.10. The maximum atomic E-state index is 12.2. The van der Waals surface area contributed by atoms with Crippen LogP contribution >= 0.6 is 0 Å². The largest absolute Gasteiger partial charge is 0.459 e. The fourth-order valence-corrected chi connectivity index (χ4v) is 2.45. The van der Waals surface area contributed by atoms with Crippen LogP contribution in [0, 0.1) is 10.1 Å². The molecule has 1 aliphatic heterocycles. The Balaban J connectivity index is 1.70. The Labute approximate surface area is 126 Å². The standard InChI is InChI=1S/C14H14N4O4/c19-14(12-4-2-10-22-12)17-8-6-16(7-9-17)13-11(18(20)21)3-1-5-15-13/h1-5,10H,6-9H2. The third kappa shape index (κ3) is 2.62. The first kappa shape index (κ1) is 14.1. The number of hydrogen-bond acceptors (Lipinski definition) is 6. The number of nitrogens with zero attached hydrogens (tertiary/aromatic N) is 4. The van der Waals surface area contributed by atoms with Crippen molar-refractivity contribution < 1.29 is 14.1 Å². The smallest absolute Gasteiger partial charge is 0.311 e. The lowest BCUT2D eigenvalue weighted by atomic mass is 10.2. The van der Waals surface area contributed by atoms with Gasteiger partial charge in [0.05, 0.1) is 11.2 Å². The van der Waals surface area contributed by atoms with Gasteiger partial charge in [-0.2, -0.15) is 0 Å². The van der Waals surface area contributed by atoms with Gasteiger partial charge in [0.25, 0.3) is 5.91 Å². The molecule has 0 aliphatic carbocycles. The predicted octanol–water partition coefficient (Wildman–Crippen LogP) is 1.55. The van der Waals surface area contributed by atoms with Crippen LogP contribution in [0.3, 0.4) is 0 Å². The van der Waals surface area contributed by atoms with Crippen LogP contribution in [0.5, 0.6) is 0 Å². The number of pyridine rings is 1. The maximum absolute atomic E-state index is 12.2. The normalized spacial score (nSPS) is 14.9. The van der Waals surface area contributed by atoms with Gasteiger partial charge in [0.2, 0.25) is 5.82 Å². The molecule has 1 fully saturated rings. The van der Waals surface area contributed by atoms with Crippen molar-refractivity contribution in [1.29, 1.82) is 0 Å². The number of aromatic nitrogens is 1. The van der Waals surface area contributed by atoms with Crippen LogP contribution in [0.1, 0.15) is 10.6 Å². The van der Waals surface area contributed by atoms with Gasteiger partial charge >= 0.3 is 5.69 Å². The minimum absolute atomic E-state index is 0.0201. The van der Waals surface area contributed by atoms with Crippen molar-refractivity contribution in [2.45, 2.75) is 0 Å². The van der Waals surface area contributed by atoms with E-state index in [2.05, 4.69) is 4.98 Å². The van der Waals surface area contributed by atoms with Gasteiger partial charge in [0.15, 0.2) is 5.76 Å². The number of hydrogen-bond donors (Lipinski definition) is 0. The lowest BCUT2D eigenvalue weighted by Crippen LogP contribution is -2.49. The zero-order chi connectivity index (χ0) is 15.5. The van der Waals surface area contributed by atoms with Crippen molar-refractivity contribution in [2.24, 2.45) is 0 Å². The van der Waals surface area contributed by atoms with E-state index in [9.17, 15) is 14.9 Å². The quantitative estimate of drug-likeness (QED) is 0.631. The summed E-state index contributed by atoms with van der Waals surface area (Å²) in [7, 11) is 0. The van der Waals surface area contributed by atoms with Crippen molar-refractivity contribution in [3.8, 4) is 0 Å². The van der Waals surface area contributed by atoms with E-state index in [1.54, 1.807) is 17.0 Å². The molecule has 0 atom stereocenters. The van der Waals surface area contributed by atoms with E-state index in [1.807, 2.05) is 4.90 Å². The zero-order valence-electron chi connectivity index (χ0n) is 11.7. The topological polar surface area (TPSA) is 92.7 Å². The fourth-order valence-electron chi connectivity index (χ4n) is 2.45. The highest BCUT2D eigenvalue weighted by atomic mass is 16.6. The molecule has 114 valence electrons. The van der Waals surface area contributed by atoms with E-state index in [1.165, 1.54) is 24.6 Å². The van der Waals surface area contributed by atoms with Crippen molar-refractivity contribution in [2.75, 3.05) is 31.1 Å². The molecule has 0 saturated carbocycles. The fraction of sp³-hybridized carbons (Fsp3) is 0.286. The Bertz CT molecular complexity index is 678. The Morgan fingerprint density at radius 3 is 2.64 bits per heavy atom. The number of anilines is 1. The minimum Gasteiger partial charge on any atom is -0.459 e. The van der Waals surface area contributed by atoms with Gasteiger partial charge in [-0.05, 0) is 18.2 Å². The molecule has 0 unspecified atom stereocenters. The van der Waals surface area contributed by atoms with Gasteiger partial charge in [0.1, 0.15) is 0 Å². The highest BCUT2D eigenvalue weighted by molar-refractivity contribution is 5.91. The van der Waals surface area contributed by atoms with E-state index in [4.69, 9.17) is 4.42 Å². The summed E-state index contributed by atoms with van der Waals surface area (Å²) >= 11 is 0. The van der Waals surface area contributed by atoms with Gasteiger partial charge in [-0.3, -0.25) is 14.9 Å². The number of carbonyl (C=O) groups excluding carboxylic acids is 1. The first-order valence-electron chi connectivity index (χ1n) is 6.84. The zero-order valence-corrected chi connectivity index (χ0v) is 11.7. The molecular formula is C14H14N4O4. The predicted molar refractivity (Wildman–Crippen MR) is 77.7 cm³/mol. The van der Waals surface area contributed by atoms with Gasteiger partial charge in [-0.15, -0.1) is 0 Å². The monoisotopic (exact) mass is 302 g/mol. The summed E-state index contributed by atoms with van der Waals surface area (Å²) in [5.41, 5.74) is -0.0201. The van der Waals surface area contributed by atoms with Crippen molar-refractivity contribution in [3.63, 3.8) is 0 Å². The maximum Gasteiger partial charge on any atom is 0.311 e. The number of piperazine rings is 1. The molecule has 2 aromatic rings. The molecule has 8 heteroatoms. The van der Waals surface area contributed by atoms with E-state index in [-0.39, 0.29) is 11.6 Å². The number of furan rings is 1. The Hall–Kier alpha value is -2.90. The molecule has 1 aliphatic rings. The van der Waals surface area contributed by atoms with Gasteiger partial charge in [-0.1, -0.05) is 0 Å². The molecule has 1 saturated heterocycles. The lowest BCUT2D eigenvalue weighted by molar-refractivity contribution is -0.384. The molecule has 0 bridgehead atoms. The second-order valence-electron chi connectivity index (χ2n) is 4.86. The number of carbonyl (C=O) groups is 1. The highest BCUT2D eigenvalue weighted by Crippen LogP contribution is 2.25. The van der Waals surface area contributed by atoms with Gasteiger partial charge in [0, 0.05) is 38.4 Å². The first-order valence-corrected chi connectivity index (χ1v) is 6.84. The molecule has 0 N–H and O–H groups in total. The number of nitro groups is 1. The minimum atomic E-state index is -0.442. The number of amides is 1. The van der Waals surface area contributed by atoms with E-state index in [0.29, 0.717) is 37.8 Å². The summed E-state index contributed by atoms with van der Waals surface area (Å²) in [6, 6.07) is 6.26. The van der Waals surface area contributed by atoms with E-state index >= 15 is 0 Å². The average molecular weight is 302 g/mol. The molecule has 3 rings (SSSR count). The molecule has 8 nitrogen and oxygen atoms in total. The highest BCUT2D eigenvalue weighted by Gasteiger charge is 2.27. The SMILES string of the molecule is O=C(c1ccco1)N1CCN(c2ncccc2[N+](=O)[O-])CC1. The molecule has 0 aromatic carbocycles. The third-order valence-corrected chi connectivity index (χ3v) is 3.56. The Morgan fingerprint density at radius 2 is 2.00 bits per heavy atom. The van der Waals surface area contributed by atoms with Crippen LogP contribution < -0.4 is 4.90 Å². The van der Waals surface area contributed by atoms with Crippen LogP contribution in [0.2, 0.25) is 0 Å². The summed E-state index contributed by atoms with van der Waals surface area (Å²) in [6.07, 6.45) is 2.99. The second kappa shape index (κ2) is 5.84. The molecule has 0 radical (unpaired) electrons. The van der Waals surface area contributed by atoms with Crippen LogP contribution in [-0.4, -0.2) is 46.9 Å². The van der Waals surface area contributed by atoms with Crippen LogP contribution in [0.25, 0.3) is 0 Å². The Kier molecular flexibility index (Phi) is 3.73. The summed E-state index contributed by atoms with van der Waals surface area (Å²) in [4.78, 5) is 30.4. The molecular weight excluding hydrogens is 288 g/mol. The molecule has 2 aromatic heterocycles. The Morgan fingerprint density at radius 1 is 1.23 bits per heavy atom. The summed E-state index contributed by atoms with van der Waals surface area (Å²) in [5.74, 6) is 0.482. The van der Waals surface area contributed by atoms with Gasteiger partial charge in [-0.25, -0.2) is 4.98 Å². The first-order chi connectivity index (χ1) is 10.7. The van der Waals surface area contributed by atoms with Crippen molar-refractivity contribution in [3.05, 3.63) is 52.6 Å². The molecule has 22 heavy (non-hydrogen) atoms. The second-order valence-corrected chi connectivity index (χ2v) is 4.86. The molecule has 3 heterocycles. The number of rotatable bonds is 3. The summed E-state index contributed by atoms with van der Waals surface area (Å²) in [5, 5.41) is 11.1. The van der Waals surface area contributed by atoms with Crippen LogP contribution in [-0.2, 0) is 0 Å². The molecule has 1 amide bonds. The van der Waals surface area contributed by atoms with E-state index < -0.39 is 4.92 Å². The van der Waals surface area contributed by atoms with Crippen molar-refractivity contribution in [1.82, 2.24) is 9.88 Å². The average Bonchev–Trinajstić information content (AvgIpc) is 3.09. The van der Waals surface area contributed by atoms with Crippen LogP contribution in [0.4, 0.5) is 11.5 Å². The van der Waals surface area contributed by atoms with E-state index in [0.717, 1.165) is 0 Å².